The summed E-state index contributed by atoms with van der Waals surface area (Å²) in [4.78, 5) is 12.8. The summed E-state index contributed by atoms with van der Waals surface area (Å²) in [5.41, 5.74) is 6.14. The zero-order valence-corrected chi connectivity index (χ0v) is 11.9. The van der Waals surface area contributed by atoms with Crippen molar-refractivity contribution in [3.8, 4) is 11.8 Å². The van der Waals surface area contributed by atoms with E-state index in [0.29, 0.717) is 11.4 Å². The average Bonchev–Trinajstić information content (AvgIpc) is 3.07. The van der Waals surface area contributed by atoms with Crippen LogP contribution in [0.2, 0.25) is 0 Å². The number of amides is 1. The Labute approximate surface area is 118 Å². The molecule has 1 saturated carbocycles. The first-order chi connectivity index (χ1) is 9.31. The first-order valence-electron chi connectivity index (χ1n) is 6.86. The third kappa shape index (κ3) is 4.09. The van der Waals surface area contributed by atoms with Crippen molar-refractivity contribution in [2.75, 3.05) is 13.1 Å². The summed E-state index contributed by atoms with van der Waals surface area (Å²) in [6, 6.07) is 1.87. The molecule has 19 heavy (non-hydrogen) atoms. The molecule has 0 aliphatic heterocycles. The van der Waals surface area contributed by atoms with Gasteiger partial charge in [-0.3, -0.25) is 4.79 Å². The predicted octanol–water partition coefficient (Wildman–Crippen LogP) is 2.37. The molecule has 102 valence electrons. The molecule has 0 bridgehead atoms. The van der Waals surface area contributed by atoms with Crippen LogP contribution in [0.25, 0.3) is 0 Å². The molecule has 0 spiro atoms. The minimum Gasteiger partial charge on any atom is -0.351 e. The highest BCUT2D eigenvalue weighted by Gasteiger charge is 2.16. The second-order valence-corrected chi connectivity index (χ2v) is 5.78. The Bertz CT molecular complexity index is 478. The van der Waals surface area contributed by atoms with Gasteiger partial charge in [-0.05, 0) is 23.8 Å². The first-order valence-corrected chi connectivity index (χ1v) is 7.74. The van der Waals surface area contributed by atoms with Gasteiger partial charge in [-0.2, -0.15) is 0 Å². The lowest BCUT2D eigenvalue weighted by atomic mass is 10.0. The van der Waals surface area contributed by atoms with Crippen molar-refractivity contribution in [1.29, 1.82) is 0 Å². The van der Waals surface area contributed by atoms with Crippen LogP contribution in [0.4, 0.5) is 0 Å². The third-order valence-corrected chi connectivity index (χ3v) is 4.42. The van der Waals surface area contributed by atoms with Crippen LogP contribution in [0.5, 0.6) is 0 Å². The lowest BCUT2D eigenvalue weighted by Crippen LogP contribution is -2.25. The van der Waals surface area contributed by atoms with Crippen molar-refractivity contribution in [2.45, 2.75) is 32.1 Å². The van der Waals surface area contributed by atoms with Crippen molar-refractivity contribution in [1.82, 2.24) is 5.32 Å². The van der Waals surface area contributed by atoms with E-state index in [1.165, 1.54) is 37.0 Å². The third-order valence-electron chi connectivity index (χ3n) is 3.51. The van der Waals surface area contributed by atoms with Gasteiger partial charge < -0.3 is 11.1 Å². The maximum Gasteiger partial charge on any atom is 0.262 e. The molecule has 1 fully saturated rings. The van der Waals surface area contributed by atoms with E-state index in [9.17, 15) is 4.79 Å². The maximum atomic E-state index is 12.1. The maximum absolute atomic E-state index is 12.1. The second kappa shape index (κ2) is 7.32. The van der Waals surface area contributed by atoms with E-state index in [2.05, 4.69) is 17.2 Å². The Kier molecular flexibility index (Phi) is 5.44. The van der Waals surface area contributed by atoms with Gasteiger partial charge in [0.15, 0.2) is 0 Å². The van der Waals surface area contributed by atoms with E-state index in [4.69, 9.17) is 5.73 Å². The van der Waals surface area contributed by atoms with Crippen molar-refractivity contribution >= 4 is 17.2 Å². The van der Waals surface area contributed by atoms with Crippen LogP contribution in [-0.4, -0.2) is 19.0 Å². The molecule has 1 heterocycles. The number of nitrogens with two attached hydrogens (primary N) is 1. The highest BCUT2D eigenvalue weighted by molar-refractivity contribution is 7.12. The molecule has 1 amide bonds. The largest absolute Gasteiger partial charge is 0.351 e. The minimum atomic E-state index is -0.00526. The molecular weight excluding hydrogens is 256 g/mol. The van der Waals surface area contributed by atoms with E-state index >= 15 is 0 Å². The normalized spacial score (nSPS) is 15.0. The summed E-state index contributed by atoms with van der Waals surface area (Å²) < 4.78 is 0. The molecule has 1 aliphatic rings. The number of hydrogen-bond donors (Lipinski definition) is 2. The van der Waals surface area contributed by atoms with Gasteiger partial charge in [0.25, 0.3) is 5.91 Å². The summed E-state index contributed by atoms with van der Waals surface area (Å²) in [6.07, 6.45) is 6.44. The molecular formula is C15H20N2OS. The molecule has 1 aromatic heterocycles. The van der Waals surface area contributed by atoms with Gasteiger partial charge in [-0.25, -0.2) is 0 Å². The zero-order chi connectivity index (χ0) is 13.5. The predicted molar refractivity (Wildman–Crippen MR) is 79.2 cm³/mol. The Morgan fingerprint density at radius 2 is 2.26 bits per heavy atom. The van der Waals surface area contributed by atoms with E-state index in [-0.39, 0.29) is 5.91 Å². The SMILES string of the molecule is NCC#Cc1ccsc1C(=O)NCCC1CCCC1. The Morgan fingerprint density at radius 3 is 3.00 bits per heavy atom. The lowest BCUT2D eigenvalue weighted by Gasteiger charge is -2.09. The Balaban J connectivity index is 1.83. The fourth-order valence-electron chi connectivity index (χ4n) is 2.50. The van der Waals surface area contributed by atoms with Gasteiger partial charge in [-0.15, -0.1) is 11.3 Å². The minimum absolute atomic E-state index is 0.00526. The first kappa shape index (κ1) is 14.1. The molecule has 0 aromatic carbocycles. The smallest absolute Gasteiger partial charge is 0.262 e. The van der Waals surface area contributed by atoms with Crippen LogP contribution >= 0.6 is 11.3 Å². The van der Waals surface area contributed by atoms with Gasteiger partial charge in [-0.1, -0.05) is 37.5 Å². The molecule has 3 nitrogen and oxygen atoms in total. The summed E-state index contributed by atoms with van der Waals surface area (Å²) >= 11 is 1.44. The molecule has 1 aliphatic carbocycles. The van der Waals surface area contributed by atoms with E-state index in [1.54, 1.807) is 0 Å². The number of rotatable bonds is 4. The zero-order valence-electron chi connectivity index (χ0n) is 11.1. The molecule has 1 aromatic rings. The standard InChI is InChI=1S/C15H20N2OS/c16-9-3-6-13-8-11-19-14(13)15(18)17-10-7-12-4-1-2-5-12/h8,11-12H,1-2,4-5,7,9-10,16H2,(H,17,18). The van der Waals surface area contributed by atoms with Crippen molar-refractivity contribution in [3.05, 3.63) is 21.9 Å². The molecule has 3 N–H and O–H groups in total. The molecule has 0 unspecified atom stereocenters. The molecule has 0 atom stereocenters. The highest BCUT2D eigenvalue weighted by atomic mass is 32.1. The van der Waals surface area contributed by atoms with Gasteiger partial charge in [0.05, 0.1) is 6.54 Å². The van der Waals surface area contributed by atoms with Gasteiger partial charge in [0.1, 0.15) is 4.88 Å². The fourth-order valence-corrected chi connectivity index (χ4v) is 3.26. The lowest BCUT2D eigenvalue weighted by molar-refractivity contribution is 0.0955. The number of thiophene rings is 1. The van der Waals surface area contributed by atoms with Crippen molar-refractivity contribution in [3.63, 3.8) is 0 Å². The molecule has 2 rings (SSSR count). The summed E-state index contributed by atoms with van der Waals surface area (Å²) in [7, 11) is 0. The van der Waals surface area contributed by atoms with E-state index in [1.807, 2.05) is 11.4 Å². The average molecular weight is 276 g/mol. The Hall–Kier alpha value is -1.31. The highest BCUT2D eigenvalue weighted by Crippen LogP contribution is 2.27. The number of hydrogen-bond acceptors (Lipinski definition) is 3. The van der Waals surface area contributed by atoms with Crippen LogP contribution in [0, 0.1) is 17.8 Å². The number of carbonyl (C=O) groups is 1. The van der Waals surface area contributed by atoms with Crippen LogP contribution < -0.4 is 11.1 Å². The van der Waals surface area contributed by atoms with Crippen LogP contribution in [-0.2, 0) is 0 Å². The molecule has 0 saturated heterocycles. The summed E-state index contributed by atoms with van der Waals surface area (Å²) in [5, 5.41) is 4.90. The Morgan fingerprint density at radius 1 is 1.47 bits per heavy atom. The van der Waals surface area contributed by atoms with Gasteiger partial charge >= 0.3 is 0 Å². The van der Waals surface area contributed by atoms with Crippen LogP contribution in [0.15, 0.2) is 11.4 Å². The summed E-state index contributed by atoms with van der Waals surface area (Å²) in [5.74, 6) is 6.53. The molecule has 4 heteroatoms. The summed E-state index contributed by atoms with van der Waals surface area (Å²) in [6.45, 7) is 1.09. The quantitative estimate of drug-likeness (QED) is 0.830. The number of nitrogens with one attached hydrogen (secondary N) is 1. The van der Waals surface area contributed by atoms with Crippen molar-refractivity contribution in [2.24, 2.45) is 11.7 Å². The van der Waals surface area contributed by atoms with Crippen LogP contribution in [0.1, 0.15) is 47.3 Å². The molecule has 0 radical (unpaired) electrons. The monoisotopic (exact) mass is 276 g/mol. The second-order valence-electron chi connectivity index (χ2n) is 4.86. The number of carbonyl (C=O) groups excluding carboxylic acids is 1. The van der Waals surface area contributed by atoms with Gasteiger partial charge in [0.2, 0.25) is 0 Å². The fraction of sp³-hybridized carbons (Fsp3) is 0.533. The van der Waals surface area contributed by atoms with E-state index < -0.39 is 0 Å². The topological polar surface area (TPSA) is 55.1 Å². The van der Waals surface area contributed by atoms with E-state index in [0.717, 1.165) is 24.4 Å². The van der Waals surface area contributed by atoms with Crippen LogP contribution in [0.3, 0.4) is 0 Å². The van der Waals surface area contributed by atoms with Crippen molar-refractivity contribution < 1.29 is 4.79 Å². The van der Waals surface area contributed by atoms with Gasteiger partial charge in [0, 0.05) is 12.1 Å².